The van der Waals surface area contributed by atoms with Gasteiger partial charge in [-0.25, -0.2) is 4.79 Å². The Labute approximate surface area is 178 Å². The van der Waals surface area contributed by atoms with E-state index < -0.39 is 6.09 Å². The molecule has 2 aromatic rings. The number of amides is 1. The Morgan fingerprint density at radius 3 is 2.48 bits per heavy atom. The minimum Gasteiger partial charge on any atom is -0.495 e. The van der Waals surface area contributed by atoms with E-state index >= 15 is 0 Å². The molecule has 1 saturated carbocycles. The molecule has 2 atom stereocenters. The molecule has 8 nitrogen and oxygen atoms in total. The minimum absolute atomic E-state index is 0.0620. The van der Waals surface area contributed by atoms with E-state index in [0.717, 1.165) is 31.4 Å². The van der Waals surface area contributed by atoms with Gasteiger partial charge in [-0.05, 0) is 12.8 Å². The van der Waals surface area contributed by atoms with Gasteiger partial charge in [-0.3, -0.25) is 5.10 Å². The fraction of sp³-hybridized carbons (Fsp3) is 0.474. The van der Waals surface area contributed by atoms with Crippen molar-refractivity contribution < 1.29 is 19.4 Å². The summed E-state index contributed by atoms with van der Waals surface area (Å²) in [7, 11) is 3.05. The van der Waals surface area contributed by atoms with Crippen molar-refractivity contribution in [2.24, 2.45) is 0 Å². The number of benzene rings is 1. The molecule has 1 fully saturated rings. The first kappa shape index (κ1) is 21.4. The van der Waals surface area contributed by atoms with Gasteiger partial charge in [-0.15, -0.1) is 0 Å². The summed E-state index contributed by atoms with van der Waals surface area (Å²) in [4.78, 5) is 11.1. The SMILES string of the molecule is COc1cc(OC)c(Cl)c(CNc2cc([C@@H]3CCCC[C@H]3NC(=O)O)[nH]n2)c1Cl. The van der Waals surface area contributed by atoms with Crippen molar-refractivity contribution in [3.63, 3.8) is 0 Å². The van der Waals surface area contributed by atoms with Crippen LogP contribution in [0.3, 0.4) is 0 Å². The van der Waals surface area contributed by atoms with Crippen molar-refractivity contribution in [2.45, 2.75) is 44.2 Å². The third kappa shape index (κ3) is 4.82. The van der Waals surface area contributed by atoms with Crippen LogP contribution in [-0.2, 0) is 6.54 Å². The second-order valence-corrected chi connectivity index (χ2v) is 7.65. The third-order valence-corrected chi connectivity index (χ3v) is 6.01. The normalized spacial score (nSPS) is 18.9. The summed E-state index contributed by atoms with van der Waals surface area (Å²) in [6.45, 7) is 0.316. The molecule has 1 amide bonds. The van der Waals surface area contributed by atoms with Gasteiger partial charge in [-0.1, -0.05) is 36.0 Å². The van der Waals surface area contributed by atoms with Gasteiger partial charge in [0.1, 0.15) is 17.3 Å². The number of halogens is 2. The van der Waals surface area contributed by atoms with E-state index in [9.17, 15) is 4.79 Å². The average molecular weight is 443 g/mol. The Morgan fingerprint density at radius 2 is 1.86 bits per heavy atom. The molecular weight excluding hydrogens is 419 g/mol. The molecule has 1 aromatic carbocycles. The molecule has 29 heavy (non-hydrogen) atoms. The molecule has 158 valence electrons. The van der Waals surface area contributed by atoms with E-state index in [1.165, 1.54) is 14.2 Å². The lowest BCUT2D eigenvalue weighted by Crippen LogP contribution is -2.40. The Bertz CT molecular complexity index is 846. The van der Waals surface area contributed by atoms with Gasteiger partial charge in [0.25, 0.3) is 0 Å². The third-order valence-electron chi connectivity index (χ3n) is 5.18. The number of ether oxygens (including phenoxy) is 2. The summed E-state index contributed by atoms with van der Waals surface area (Å²) in [5.74, 6) is 1.62. The topological polar surface area (TPSA) is 109 Å². The Kier molecular flexibility index (Phi) is 6.97. The molecule has 3 rings (SSSR count). The van der Waals surface area contributed by atoms with Crippen LogP contribution in [0.4, 0.5) is 10.6 Å². The maximum Gasteiger partial charge on any atom is 0.404 e. The fourth-order valence-corrected chi connectivity index (χ4v) is 4.36. The number of nitrogens with zero attached hydrogens (tertiary/aromatic N) is 1. The van der Waals surface area contributed by atoms with Crippen molar-refractivity contribution in [1.29, 1.82) is 0 Å². The number of anilines is 1. The van der Waals surface area contributed by atoms with Gasteiger partial charge in [0.15, 0.2) is 0 Å². The van der Waals surface area contributed by atoms with E-state index in [0.29, 0.717) is 39.5 Å². The zero-order valence-corrected chi connectivity index (χ0v) is 17.7. The van der Waals surface area contributed by atoms with E-state index in [1.54, 1.807) is 6.07 Å². The number of hydrogen-bond acceptors (Lipinski definition) is 5. The molecule has 0 aliphatic heterocycles. The van der Waals surface area contributed by atoms with E-state index in [-0.39, 0.29) is 12.0 Å². The lowest BCUT2D eigenvalue weighted by Gasteiger charge is -2.30. The second kappa shape index (κ2) is 9.45. The molecule has 0 radical (unpaired) electrons. The quantitative estimate of drug-likeness (QED) is 0.497. The van der Waals surface area contributed by atoms with Crippen molar-refractivity contribution in [3.05, 3.63) is 33.4 Å². The molecule has 0 unspecified atom stereocenters. The lowest BCUT2D eigenvalue weighted by molar-refractivity contribution is 0.182. The van der Waals surface area contributed by atoms with Crippen LogP contribution < -0.4 is 20.1 Å². The molecule has 0 bridgehead atoms. The first-order chi connectivity index (χ1) is 13.9. The summed E-state index contributed by atoms with van der Waals surface area (Å²) in [6.07, 6.45) is 2.77. The van der Waals surface area contributed by atoms with Crippen molar-refractivity contribution in [1.82, 2.24) is 15.5 Å². The van der Waals surface area contributed by atoms with Crippen molar-refractivity contribution in [3.8, 4) is 11.5 Å². The van der Waals surface area contributed by atoms with Crippen LogP contribution >= 0.6 is 23.2 Å². The summed E-state index contributed by atoms with van der Waals surface area (Å²) >= 11 is 12.8. The maximum absolute atomic E-state index is 11.1. The predicted octanol–water partition coefficient (Wildman–Crippen LogP) is 4.64. The minimum atomic E-state index is -1.00. The number of rotatable bonds is 7. The fourth-order valence-electron chi connectivity index (χ4n) is 3.72. The van der Waals surface area contributed by atoms with E-state index in [2.05, 4.69) is 20.8 Å². The van der Waals surface area contributed by atoms with Crippen LogP contribution in [0.1, 0.15) is 42.9 Å². The monoisotopic (exact) mass is 442 g/mol. The number of carbonyl (C=O) groups is 1. The number of aromatic nitrogens is 2. The van der Waals surface area contributed by atoms with Gasteiger partial charge in [0, 0.05) is 41.9 Å². The van der Waals surface area contributed by atoms with Crippen LogP contribution in [0.5, 0.6) is 11.5 Å². The summed E-state index contributed by atoms with van der Waals surface area (Å²) < 4.78 is 10.6. The van der Waals surface area contributed by atoms with Gasteiger partial charge >= 0.3 is 6.09 Å². The van der Waals surface area contributed by atoms with Crippen LogP contribution in [0.25, 0.3) is 0 Å². The average Bonchev–Trinajstić information content (AvgIpc) is 3.17. The number of aromatic amines is 1. The smallest absolute Gasteiger partial charge is 0.404 e. The zero-order chi connectivity index (χ0) is 21.0. The molecule has 0 spiro atoms. The highest BCUT2D eigenvalue weighted by Gasteiger charge is 2.29. The van der Waals surface area contributed by atoms with Crippen LogP contribution in [0.2, 0.25) is 10.0 Å². The number of H-pyrrole nitrogens is 1. The zero-order valence-electron chi connectivity index (χ0n) is 16.2. The van der Waals surface area contributed by atoms with Gasteiger partial charge in [0.05, 0.1) is 24.3 Å². The first-order valence-electron chi connectivity index (χ1n) is 9.32. The maximum atomic E-state index is 11.1. The van der Waals surface area contributed by atoms with Crippen molar-refractivity contribution in [2.75, 3.05) is 19.5 Å². The summed E-state index contributed by atoms with van der Waals surface area (Å²) in [5.41, 5.74) is 1.53. The number of hydrogen-bond donors (Lipinski definition) is 4. The Balaban J connectivity index is 1.75. The Hall–Kier alpha value is -2.32. The van der Waals surface area contributed by atoms with Gasteiger partial charge in [-0.2, -0.15) is 5.10 Å². The second-order valence-electron chi connectivity index (χ2n) is 6.90. The predicted molar refractivity (Wildman–Crippen MR) is 112 cm³/mol. The first-order valence-corrected chi connectivity index (χ1v) is 10.1. The van der Waals surface area contributed by atoms with Crippen molar-refractivity contribution >= 4 is 35.1 Å². The van der Waals surface area contributed by atoms with Gasteiger partial charge < -0.3 is 25.2 Å². The highest BCUT2D eigenvalue weighted by Crippen LogP contribution is 2.40. The molecule has 10 heteroatoms. The molecular formula is C19H24Cl2N4O4. The highest BCUT2D eigenvalue weighted by molar-refractivity contribution is 6.37. The number of carboxylic acid groups (broad SMARTS) is 1. The number of nitrogens with one attached hydrogen (secondary N) is 3. The highest BCUT2D eigenvalue weighted by atomic mass is 35.5. The summed E-state index contributed by atoms with van der Waals surface area (Å²) in [5, 5.41) is 23.1. The standard InChI is InChI=1S/C19H24Cl2N4O4/c1-28-14-8-15(29-2)18(21)11(17(14)20)9-22-16-7-13(24-25-16)10-5-3-4-6-12(10)23-19(26)27/h7-8,10,12,23H,3-6,9H2,1-2H3,(H,26,27)(H2,22,24,25)/t10-,12-/m1/s1. The molecule has 1 aliphatic rings. The molecule has 1 heterocycles. The molecule has 1 aliphatic carbocycles. The molecule has 0 saturated heterocycles. The number of methoxy groups -OCH3 is 2. The van der Waals surface area contributed by atoms with E-state index in [4.69, 9.17) is 37.8 Å². The van der Waals surface area contributed by atoms with Crippen LogP contribution in [-0.4, -0.2) is 41.7 Å². The van der Waals surface area contributed by atoms with Gasteiger partial charge in [0.2, 0.25) is 0 Å². The Morgan fingerprint density at radius 1 is 1.21 bits per heavy atom. The molecule has 4 N–H and O–H groups in total. The summed E-state index contributed by atoms with van der Waals surface area (Å²) in [6, 6.07) is 3.41. The largest absolute Gasteiger partial charge is 0.495 e. The lowest BCUT2D eigenvalue weighted by atomic mass is 9.82. The van der Waals surface area contributed by atoms with Crippen LogP contribution in [0.15, 0.2) is 12.1 Å². The van der Waals surface area contributed by atoms with Crippen LogP contribution in [0, 0.1) is 0 Å². The van der Waals surface area contributed by atoms with E-state index in [1.807, 2.05) is 6.07 Å². The molecule has 1 aromatic heterocycles.